The number of hydrogen-bond donors (Lipinski definition) is 2. The van der Waals surface area contributed by atoms with Crippen molar-refractivity contribution < 1.29 is 9.59 Å². The molecule has 1 fully saturated rings. The summed E-state index contributed by atoms with van der Waals surface area (Å²) < 4.78 is 0. The Bertz CT molecular complexity index is 903. The van der Waals surface area contributed by atoms with E-state index < -0.39 is 6.04 Å². The minimum absolute atomic E-state index is 0.114. The minimum atomic E-state index is -0.612. The highest BCUT2D eigenvalue weighted by Crippen LogP contribution is 2.26. The van der Waals surface area contributed by atoms with E-state index in [1.807, 2.05) is 24.5 Å². The molecule has 0 aromatic heterocycles. The number of thioether (sulfide) groups is 1. The molecule has 1 aliphatic rings. The number of hydrogen-bond acceptors (Lipinski definition) is 4. The summed E-state index contributed by atoms with van der Waals surface area (Å²) in [7, 11) is 0. The monoisotopic (exact) mass is 487 g/mol. The summed E-state index contributed by atoms with van der Waals surface area (Å²) in [6.07, 6.45) is 4.89. The number of piperidine rings is 1. The molecule has 0 spiro atoms. The first-order valence-corrected chi connectivity index (χ1v) is 13.4. The molecule has 2 aromatic carbocycles. The number of halogens is 1. The maximum Gasteiger partial charge on any atom is 0.253 e. The van der Waals surface area contributed by atoms with E-state index in [9.17, 15) is 9.59 Å². The van der Waals surface area contributed by atoms with E-state index in [-0.39, 0.29) is 17.9 Å². The molecule has 5 nitrogen and oxygen atoms in total. The molecule has 2 amide bonds. The van der Waals surface area contributed by atoms with Gasteiger partial charge in [0.1, 0.15) is 6.04 Å². The van der Waals surface area contributed by atoms with Crippen molar-refractivity contribution in [1.29, 1.82) is 0 Å². The molecule has 1 heterocycles. The van der Waals surface area contributed by atoms with E-state index in [0.29, 0.717) is 23.6 Å². The lowest BCUT2D eigenvalue weighted by molar-refractivity contribution is -0.123. The second-order valence-electron chi connectivity index (χ2n) is 8.68. The highest BCUT2D eigenvalue weighted by Gasteiger charge is 2.27. The van der Waals surface area contributed by atoms with Crippen LogP contribution in [0.1, 0.15) is 48.1 Å². The largest absolute Gasteiger partial charge is 0.352 e. The van der Waals surface area contributed by atoms with E-state index in [2.05, 4.69) is 34.6 Å². The van der Waals surface area contributed by atoms with Crippen LogP contribution in [0.25, 0.3) is 0 Å². The zero-order valence-corrected chi connectivity index (χ0v) is 21.0. The molecule has 33 heavy (non-hydrogen) atoms. The first-order valence-electron chi connectivity index (χ1n) is 11.6. The van der Waals surface area contributed by atoms with Crippen molar-refractivity contribution in [1.82, 2.24) is 15.5 Å². The smallest absolute Gasteiger partial charge is 0.253 e. The Morgan fingerprint density at radius 2 is 1.76 bits per heavy atom. The molecule has 2 atom stereocenters. The van der Waals surface area contributed by atoms with Gasteiger partial charge in [0.25, 0.3) is 5.91 Å². The summed E-state index contributed by atoms with van der Waals surface area (Å²) in [5, 5.41) is 6.41. The van der Waals surface area contributed by atoms with Crippen LogP contribution in [-0.4, -0.2) is 54.4 Å². The van der Waals surface area contributed by atoms with Crippen molar-refractivity contribution in [2.75, 3.05) is 31.6 Å². The van der Waals surface area contributed by atoms with Crippen LogP contribution in [0.3, 0.4) is 0 Å². The lowest BCUT2D eigenvalue weighted by Gasteiger charge is -2.37. The fourth-order valence-corrected chi connectivity index (χ4v) is 4.87. The number of nitrogens with zero attached hydrogens (tertiary/aromatic N) is 1. The molecule has 0 radical (unpaired) electrons. The van der Waals surface area contributed by atoms with E-state index in [4.69, 9.17) is 11.6 Å². The van der Waals surface area contributed by atoms with E-state index in [1.165, 1.54) is 18.4 Å². The first-order chi connectivity index (χ1) is 16.0. The fourth-order valence-electron chi connectivity index (χ4n) is 4.18. The second-order valence-corrected chi connectivity index (χ2v) is 10.1. The first kappa shape index (κ1) is 25.6. The van der Waals surface area contributed by atoms with Crippen molar-refractivity contribution in [3.63, 3.8) is 0 Å². The molecular formula is C26H34ClN3O2S. The number of likely N-dealkylation sites (tertiary alicyclic amines) is 1. The van der Waals surface area contributed by atoms with Gasteiger partial charge in [-0.05, 0) is 68.0 Å². The molecule has 2 aromatic rings. The van der Waals surface area contributed by atoms with Gasteiger partial charge in [-0.25, -0.2) is 0 Å². The number of amides is 2. The molecule has 1 aliphatic heterocycles. The van der Waals surface area contributed by atoms with Crippen molar-refractivity contribution in [2.45, 2.75) is 38.3 Å². The van der Waals surface area contributed by atoms with Crippen LogP contribution < -0.4 is 10.6 Å². The third-order valence-electron chi connectivity index (χ3n) is 6.26. The predicted molar refractivity (Wildman–Crippen MR) is 138 cm³/mol. The van der Waals surface area contributed by atoms with Crippen molar-refractivity contribution in [2.24, 2.45) is 5.92 Å². The summed E-state index contributed by atoms with van der Waals surface area (Å²) in [4.78, 5) is 28.4. The SMILES string of the molecule is CSCCC(NC(=O)c1ccccc1Cl)C(=O)NCC(c1ccccc1)N1CCC(C)CC1. The third-order valence-corrected chi connectivity index (χ3v) is 7.24. The molecule has 7 heteroatoms. The lowest BCUT2D eigenvalue weighted by Crippen LogP contribution is -2.49. The number of rotatable bonds is 10. The van der Waals surface area contributed by atoms with Crippen LogP contribution in [0.4, 0.5) is 0 Å². The molecule has 0 bridgehead atoms. The maximum atomic E-state index is 13.2. The molecule has 1 saturated heterocycles. The third kappa shape index (κ3) is 7.49. The average molecular weight is 488 g/mol. The van der Waals surface area contributed by atoms with Crippen LogP contribution in [0, 0.1) is 5.92 Å². The van der Waals surface area contributed by atoms with E-state index in [0.717, 1.165) is 24.8 Å². The molecule has 0 saturated carbocycles. The number of carbonyl (C=O) groups is 2. The van der Waals surface area contributed by atoms with Crippen molar-refractivity contribution in [3.05, 3.63) is 70.7 Å². The zero-order valence-electron chi connectivity index (χ0n) is 19.4. The minimum Gasteiger partial charge on any atom is -0.352 e. The van der Waals surface area contributed by atoms with Gasteiger partial charge in [0.05, 0.1) is 16.6 Å². The van der Waals surface area contributed by atoms with Gasteiger partial charge < -0.3 is 10.6 Å². The predicted octanol–water partition coefficient (Wildman–Crippen LogP) is 4.78. The van der Waals surface area contributed by atoms with Gasteiger partial charge in [-0.15, -0.1) is 0 Å². The van der Waals surface area contributed by atoms with Gasteiger partial charge in [-0.3, -0.25) is 14.5 Å². The second kappa shape index (κ2) is 13.0. The van der Waals surface area contributed by atoms with Crippen LogP contribution in [0.5, 0.6) is 0 Å². The van der Waals surface area contributed by atoms with Gasteiger partial charge in [0.15, 0.2) is 0 Å². The van der Waals surface area contributed by atoms with Gasteiger partial charge in [-0.2, -0.15) is 11.8 Å². The van der Waals surface area contributed by atoms with Crippen molar-refractivity contribution in [3.8, 4) is 0 Å². The van der Waals surface area contributed by atoms with Crippen LogP contribution in [0.15, 0.2) is 54.6 Å². The Kier molecular flexibility index (Phi) is 10.1. The Balaban J connectivity index is 1.68. The van der Waals surface area contributed by atoms with Gasteiger partial charge >= 0.3 is 0 Å². The molecule has 2 unspecified atom stereocenters. The number of nitrogens with one attached hydrogen (secondary N) is 2. The Labute approximate surface area is 206 Å². The molecule has 2 N–H and O–H groups in total. The summed E-state index contributed by atoms with van der Waals surface area (Å²) in [5.41, 5.74) is 1.58. The lowest BCUT2D eigenvalue weighted by atomic mass is 9.95. The highest BCUT2D eigenvalue weighted by atomic mass is 35.5. The Hall–Kier alpha value is -2.02. The molecule has 0 aliphatic carbocycles. The molecular weight excluding hydrogens is 454 g/mol. The zero-order chi connectivity index (χ0) is 23.6. The normalized spacial score (nSPS) is 16.7. The maximum absolute atomic E-state index is 13.2. The quantitative estimate of drug-likeness (QED) is 0.506. The summed E-state index contributed by atoms with van der Waals surface area (Å²) in [6, 6.07) is 16.7. The molecule has 178 valence electrons. The average Bonchev–Trinajstić information content (AvgIpc) is 2.83. The number of benzene rings is 2. The fraction of sp³-hybridized carbons (Fsp3) is 0.462. The van der Waals surface area contributed by atoms with E-state index >= 15 is 0 Å². The summed E-state index contributed by atoms with van der Waals surface area (Å²) in [6.45, 7) is 4.86. The van der Waals surface area contributed by atoms with Gasteiger partial charge in [0.2, 0.25) is 5.91 Å². The van der Waals surface area contributed by atoms with Crippen molar-refractivity contribution >= 4 is 35.2 Å². The van der Waals surface area contributed by atoms with Crippen LogP contribution in [0.2, 0.25) is 5.02 Å². The van der Waals surface area contributed by atoms with Gasteiger partial charge in [-0.1, -0.05) is 61.0 Å². The van der Waals surface area contributed by atoms with Crippen LogP contribution in [-0.2, 0) is 4.79 Å². The summed E-state index contributed by atoms with van der Waals surface area (Å²) >= 11 is 7.83. The number of carbonyl (C=O) groups excluding carboxylic acids is 2. The topological polar surface area (TPSA) is 61.4 Å². The molecule has 3 rings (SSSR count). The summed E-state index contributed by atoms with van der Waals surface area (Å²) in [5.74, 6) is 1.03. The van der Waals surface area contributed by atoms with Crippen LogP contribution >= 0.6 is 23.4 Å². The highest BCUT2D eigenvalue weighted by molar-refractivity contribution is 7.98. The van der Waals surface area contributed by atoms with E-state index in [1.54, 1.807) is 36.0 Å². The van der Waals surface area contributed by atoms with Gasteiger partial charge in [0, 0.05) is 6.54 Å². The Morgan fingerprint density at radius 1 is 1.09 bits per heavy atom. The standard InChI is InChI=1S/C26H34ClN3O2S/c1-19-12-15-30(16-13-19)24(20-8-4-3-5-9-20)18-28-26(32)23(14-17-33-2)29-25(31)21-10-6-7-11-22(21)27/h3-11,19,23-24H,12-18H2,1-2H3,(H,28,32)(H,29,31). The Morgan fingerprint density at radius 3 is 2.42 bits per heavy atom.